The Labute approximate surface area is 180 Å². The highest BCUT2D eigenvalue weighted by atomic mass is 35.5. The SMILES string of the molecule is COc1ccc(Cl)cc1C=CC(=O)N1CCC(NS(=O)(=O)c2ccc(F)cc2)CC1. The molecular weight excluding hydrogens is 431 g/mol. The molecule has 0 aliphatic carbocycles. The van der Waals surface area contributed by atoms with Gasteiger partial charge in [0.25, 0.3) is 0 Å². The number of carbonyl (C=O) groups excluding carboxylic acids is 1. The monoisotopic (exact) mass is 452 g/mol. The van der Waals surface area contributed by atoms with Gasteiger partial charge in [0.05, 0.1) is 12.0 Å². The van der Waals surface area contributed by atoms with Gasteiger partial charge in [0.15, 0.2) is 0 Å². The van der Waals surface area contributed by atoms with Gasteiger partial charge < -0.3 is 9.64 Å². The summed E-state index contributed by atoms with van der Waals surface area (Å²) in [4.78, 5) is 14.2. The summed E-state index contributed by atoms with van der Waals surface area (Å²) in [7, 11) is -2.19. The van der Waals surface area contributed by atoms with Crippen LogP contribution >= 0.6 is 11.6 Å². The van der Waals surface area contributed by atoms with Crippen molar-refractivity contribution < 1.29 is 22.3 Å². The third-order valence-electron chi connectivity index (χ3n) is 4.85. The molecule has 1 fully saturated rings. The first kappa shape index (κ1) is 22.3. The van der Waals surface area contributed by atoms with Gasteiger partial charge in [-0.25, -0.2) is 17.5 Å². The van der Waals surface area contributed by atoms with Crippen LogP contribution in [0.1, 0.15) is 18.4 Å². The average Bonchev–Trinajstić information content (AvgIpc) is 2.72. The lowest BCUT2D eigenvalue weighted by atomic mass is 10.1. The molecule has 2 aromatic rings. The number of methoxy groups -OCH3 is 1. The normalized spacial score (nSPS) is 15.5. The van der Waals surface area contributed by atoms with Crippen LogP contribution in [-0.2, 0) is 14.8 Å². The molecule has 0 spiro atoms. The maximum atomic E-state index is 13.0. The van der Waals surface area contributed by atoms with Crippen LogP contribution in [0.4, 0.5) is 4.39 Å². The van der Waals surface area contributed by atoms with Crippen LogP contribution in [0.15, 0.2) is 53.4 Å². The highest BCUT2D eigenvalue weighted by Gasteiger charge is 2.26. The van der Waals surface area contributed by atoms with Crippen molar-refractivity contribution in [2.45, 2.75) is 23.8 Å². The second-order valence-electron chi connectivity index (χ2n) is 6.89. The molecule has 0 bridgehead atoms. The van der Waals surface area contributed by atoms with Crippen molar-refractivity contribution in [3.63, 3.8) is 0 Å². The summed E-state index contributed by atoms with van der Waals surface area (Å²) in [6, 6.07) is 9.52. The van der Waals surface area contributed by atoms with Crippen molar-refractivity contribution in [1.82, 2.24) is 9.62 Å². The molecule has 1 aliphatic heterocycles. The Kier molecular flexibility index (Phi) is 7.12. The van der Waals surface area contributed by atoms with E-state index in [9.17, 15) is 17.6 Å². The molecule has 0 radical (unpaired) electrons. The number of ether oxygens (including phenoxy) is 1. The van der Waals surface area contributed by atoms with Gasteiger partial charge in [0.1, 0.15) is 11.6 Å². The minimum atomic E-state index is -3.73. The van der Waals surface area contributed by atoms with E-state index in [1.807, 2.05) is 0 Å². The van der Waals surface area contributed by atoms with Crippen LogP contribution < -0.4 is 9.46 Å². The smallest absolute Gasteiger partial charge is 0.246 e. The third-order valence-corrected chi connectivity index (χ3v) is 6.62. The maximum Gasteiger partial charge on any atom is 0.246 e. The number of halogens is 2. The number of nitrogens with zero attached hydrogens (tertiary/aromatic N) is 1. The van der Waals surface area contributed by atoms with E-state index < -0.39 is 15.8 Å². The fourth-order valence-electron chi connectivity index (χ4n) is 3.22. The maximum absolute atomic E-state index is 13.0. The van der Waals surface area contributed by atoms with Crippen LogP contribution in [0.2, 0.25) is 5.02 Å². The average molecular weight is 453 g/mol. The molecule has 0 saturated carbocycles. The second kappa shape index (κ2) is 9.59. The fraction of sp³-hybridized carbons (Fsp3) is 0.286. The van der Waals surface area contributed by atoms with Crippen molar-refractivity contribution >= 4 is 33.6 Å². The summed E-state index contributed by atoms with van der Waals surface area (Å²) in [5.41, 5.74) is 0.695. The number of rotatable bonds is 6. The molecule has 160 valence electrons. The van der Waals surface area contributed by atoms with Gasteiger partial charge in [-0.3, -0.25) is 4.79 Å². The zero-order valence-electron chi connectivity index (χ0n) is 16.3. The molecule has 1 saturated heterocycles. The molecule has 1 amide bonds. The van der Waals surface area contributed by atoms with Gasteiger partial charge in [0.2, 0.25) is 15.9 Å². The number of carbonyl (C=O) groups is 1. The van der Waals surface area contributed by atoms with Gasteiger partial charge in [-0.15, -0.1) is 0 Å². The number of nitrogens with one attached hydrogen (secondary N) is 1. The molecule has 0 aromatic heterocycles. The van der Waals surface area contributed by atoms with Gasteiger partial charge in [-0.05, 0) is 61.4 Å². The van der Waals surface area contributed by atoms with E-state index >= 15 is 0 Å². The molecule has 1 aliphatic rings. The number of likely N-dealkylation sites (tertiary alicyclic amines) is 1. The van der Waals surface area contributed by atoms with E-state index in [0.29, 0.717) is 42.3 Å². The van der Waals surface area contributed by atoms with E-state index in [1.54, 1.807) is 36.3 Å². The Morgan fingerprint density at radius 3 is 2.50 bits per heavy atom. The highest BCUT2D eigenvalue weighted by molar-refractivity contribution is 7.89. The van der Waals surface area contributed by atoms with Crippen molar-refractivity contribution in [1.29, 1.82) is 0 Å². The number of amides is 1. The van der Waals surface area contributed by atoms with Crippen LogP contribution in [-0.4, -0.2) is 45.5 Å². The Bertz CT molecular complexity index is 1030. The molecule has 0 atom stereocenters. The molecular formula is C21H22ClFN2O4S. The first-order chi connectivity index (χ1) is 14.3. The van der Waals surface area contributed by atoms with E-state index in [0.717, 1.165) is 12.1 Å². The van der Waals surface area contributed by atoms with E-state index in [4.69, 9.17) is 16.3 Å². The molecule has 2 aromatic carbocycles. The first-order valence-corrected chi connectivity index (χ1v) is 11.2. The summed E-state index contributed by atoms with van der Waals surface area (Å²) >= 11 is 6.00. The highest BCUT2D eigenvalue weighted by Crippen LogP contribution is 2.24. The number of sulfonamides is 1. The number of hydrogen-bond acceptors (Lipinski definition) is 4. The molecule has 3 rings (SSSR count). The molecule has 1 N–H and O–H groups in total. The lowest BCUT2D eigenvalue weighted by molar-refractivity contribution is -0.126. The molecule has 30 heavy (non-hydrogen) atoms. The molecule has 6 nitrogen and oxygen atoms in total. The molecule has 1 heterocycles. The van der Waals surface area contributed by atoms with Crippen molar-refractivity contribution in [3.8, 4) is 5.75 Å². The van der Waals surface area contributed by atoms with Crippen LogP contribution in [0.3, 0.4) is 0 Å². The number of benzene rings is 2. The van der Waals surface area contributed by atoms with Gasteiger partial charge in [0, 0.05) is 35.8 Å². The quantitative estimate of drug-likeness (QED) is 0.681. The van der Waals surface area contributed by atoms with Crippen molar-refractivity contribution in [3.05, 3.63) is 64.9 Å². The summed E-state index contributed by atoms with van der Waals surface area (Å²) in [5, 5.41) is 0.539. The van der Waals surface area contributed by atoms with Crippen LogP contribution in [0, 0.1) is 5.82 Å². The van der Waals surface area contributed by atoms with E-state index in [1.165, 1.54) is 18.2 Å². The van der Waals surface area contributed by atoms with Crippen molar-refractivity contribution in [2.75, 3.05) is 20.2 Å². The summed E-state index contributed by atoms with van der Waals surface area (Å²) in [6.45, 7) is 0.846. The molecule has 9 heteroatoms. The lowest BCUT2D eigenvalue weighted by Crippen LogP contribution is -2.46. The number of hydrogen-bond donors (Lipinski definition) is 1. The topological polar surface area (TPSA) is 75.7 Å². The zero-order chi connectivity index (χ0) is 21.7. The minimum absolute atomic E-state index is 0.0146. The lowest BCUT2D eigenvalue weighted by Gasteiger charge is -2.31. The molecule has 0 unspecified atom stereocenters. The predicted octanol–water partition coefficient (Wildman–Crippen LogP) is 3.47. The summed E-state index contributed by atoms with van der Waals surface area (Å²) in [5.74, 6) is -0.0570. The first-order valence-electron chi connectivity index (χ1n) is 9.37. The van der Waals surface area contributed by atoms with Crippen LogP contribution in [0.25, 0.3) is 6.08 Å². The van der Waals surface area contributed by atoms with E-state index in [2.05, 4.69) is 4.72 Å². The fourth-order valence-corrected chi connectivity index (χ4v) is 4.71. The van der Waals surface area contributed by atoms with Gasteiger partial charge in [-0.2, -0.15) is 0 Å². The Morgan fingerprint density at radius 2 is 1.87 bits per heavy atom. The van der Waals surface area contributed by atoms with Gasteiger partial charge >= 0.3 is 0 Å². The zero-order valence-corrected chi connectivity index (χ0v) is 17.9. The minimum Gasteiger partial charge on any atom is -0.496 e. The summed E-state index contributed by atoms with van der Waals surface area (Å²) < 4.78 is 45.8. The van der Waals surface area contributed by atoms with Crippen LogP contribution in [0.5, 0.6) is 5.75 Å². The largest absolute Gasteiger partial charge is 0.496 e. The summed E-state index contributed by atoms with van der Waals surface area (Å²) in [6.07, 6.45) is 4.08. The predicted molar refractivity (Wildman–Crippen MR) is 113 cm³/mol. The van der Waals surface area contributed by atoms with Gasteiger partial charge in [-0.1, -0.05) is 11.6 Å². The number of piperidine rings is 1. The Balaban J connectivity index is 1.57. The Hall–Kier alpha value is -2.42. The van der Waals surface area contributed by atoms with E-state index in [-0.39, 0.29) is 16.8 Å². The standard InChI is InChI=1S/C21H22ClFN2O4S/c1-29-20-8-3-16(22)14-15(20)2-9-21(26)25-12-10-18(11-13-25)24-30(27,28)19-6-4-17(23)5-7-19/h2-9,14,18,24H,10-13H2,1H3. The second-order valence-corrected chi connectivity index (χ2v) is 9.04. The third kappa shape index (κ3) is 5.59. The van der Waals surface area contributed by atoms with Crippen molar-refractivity contribution in [2.24, 2.45) is 0 Å². The Morgan fingerprint density at radius 1 is 1.20 bits per heavy atom.